The molecule has 1 aliphatic carbocycles. The van der Waals surface area contributed by atoms with Crippen molar-refractivity contribution in [1.29, 1.82) is 5.26 Å². The smallest absolute Gasteiger partial charge is 0.422 e. The van der Waals surface area contributed by atoms with Gasteiger partial charge in [0.1, 0.15) is 5.71 Å². The number of nitriles is 1. The molecule has 0 bridgehead atoms. The lowest BCUT2D eigenvalue weighted by Gasteiger charge is -2.19. The van der Waals surface area contributed by atoms with Gasteiger partial charge in [-0.3, -0.25) is 14.4 Å². The first kappa shape index (κ1) is 40.3. The number of halogens is 4. The van der Waals surface area contributed by atoms with Gasteiger partial charge in [0.25, 0.3) is 5.91 Å². The average molecular weight is 812 g/mol. The highest BCUT2D eigenvalue weighted by Crippen LogP contribution is 2.48. The first-order valence-electron chi connectivity index (χ1n) is 17.1. The maximum Gasteiger partial charge on any atom is 0.422 e. The number of carbonyl (C=O) groups is 4. The van der Waals surface area contributed by atoms with Crippen molar-refractivity contribution in [2.24, 2.45) is 4.99 Å². The number of carboxylic acid groups (broad SMARTS) is 1. The molecule has 1 aromatic heterocycles. The minimum absolute atomic E-state index is 0.0659. The summed E-state index contributed by atoms with van der Waals surface area (Å²) in [5.74, 6) is -5.16. The molecule has 0 unspecified atom stereocenters. The van der Waals surface area contributed by atoms with Gasteiger partial charge in [-0.2, -0.15) is 33.4 Å². The second-order valence-corrected chi connectivity index (χ2v) is 13.1. The van der Waals surface area contributed by atoms with Crippen LogP contribution in [0.2, 0.25) is 5.02 Å². The maximum absolute atomic E-state index is 13.0. The largest absolute Gasteiger partial charge is 0.477 e. The lowest BCUT2D eigenvalue weighted by Crippen LogP contribution is -2.40. The van der Waals surface area contributed by atoms with Crippen LogP contribution in [-0.4, -0.2) is 68.8 Å². The van der Waals surface area contributed by atoms with Gasteiger partial charge in [-0.15, -0.1) is 0 Å². The van der Waals surface area contributed by atoms with Gasteiger partial charge in [-0.25, -0.2) is 9.79 Å². The van der Waals surface area contributed by atoms with Crippen LogP contribution in [0.15, 0.2) is 102 Å². The van der Waals surface area contributed by atoms with E-state index in [1.54, 1.807) is 60.7 Å². The van der Waals surface area contributed by atoms with Gasteiger partial charge < -0.3 is 31.1 Å². The van der Waals surface area contributed by atoms with Crippen molar-refractivity contribution in [3.05, 3.63) is 119 Å². The molecule has 0 saturated heterocycles. The Morgan fingerprint density at radius 2 is 1.43 bits per heavy atom. The summed E-state index contributed by atoms with van der Waals surface area (Å²) in [5, 5.41) is 29.6. The fourth-order valence-electron chi connectivity index (χ4n) is 5.36. The second kappa shape index (κ2) is 17.2. The molecule has 5 aromatic rings. The molecule has 4 aromatic carbocycles. The van der Waals surface area contributed by atoms with Crippen LogP contribution in [0.1, 0.15) is 34.3 Å². The molecule has 1 aliphatic rings. The third kappa shape index (κ3) is 10.7. The van der Waals surface area contributed by atoms with E-state index in [2.05, 4.69) is 41.2 Å². The van der Waals surface area contributed by atoms with E-state index < -0.39 is 60.3 Å². The molecule has 58 heavy (non-hydrogen) atoms. The molecule has 1 heterocycles. The van der Waals surface area contributed by atoms with Crippen LogP contribution in [-0.2, 0) is 19.9 Å². The van der Waals surface area contributed by atoms with Gasteiger partial charge in [0.2, 0.25) is 11.9 Å². The highest BCUT2D eigenvalue weighted by Gasteiger charge is 2.45. The molecule has 19 heteroatoms. The second-order valence-electron chi connectivity index (χ2n) is 12.7. The molecule has 294 valence electrons. The van der Waals surface area contributed by atoms with Crippen molar-refractivity contribution in [3.8, 4) is 23.2 Å². The van der Waals surface area contributed by atoms with Crippen molar-refractivity contribution < 1.29 is 42.2 Å². The molecular weight excluding hydrogens is 783 g/mol. The van der Waals surface area contributed by atoms with Crippen LogP contribution in [0.3, 0.4) is 0 Å². The van der Waals surface area contributed by atoms with Gasteiger partial charge in [0, 0.05) is 22.0 Å². The summed E-state index contributed by atoms with van der Waals surface area (Å²) >= 11 is 6.02. The fraction of sp³-hybridized carbons (Fsp3) is 0.154. The van der Waals surface area contributed by atoms with Crippen LogP contribution < -0.4 is 26.0 Å². The monoisotopic (exact) mass is 811 g/mol. The maximum atomic E-state index is 13.0. The molecule has 0 spiro atoms. The van der Waals surface area contributed by atoms with E-state index in [0.717, 1.165) is 16.7 Å². The predicted molar refractivity (Wildman–Crippen MR) is 205 cm³/mol. The zero-order valence-electron chi connectivity index (χ0n) is 29.8. The Balaban J connectivity index is 1.07. The van der Waals surface area contributed by atoms with Gasteiger partial charge in [0.15, 0.2) is 6.61 Å². The molecule has 1 fully saturated rings. The number of aliphatic imine (C=N–C) groups is 1. The van der Waals surface area contributed by atoms with E-state index in [0.29, 0.717) is 23.4 Å². The number of ether oxygens (including phenoxy) is 1. The summed E-state index contributed by atoms with van der Waals surface area (Å²) in [6.07, 6.45) is -3.29. The predicted octanol–water partition coefficient (Wildman–Crippen LogP) is 6.27. The van der Waals surface area contributed by atoms with E-state index in [4.69, 9.17) is 21.6 Å². The minimum Gasteiger partial charge on any atom is -0.477 e. The van der Waals surface area contributed by atoms with Crippen molar-refractivity contribution in [3.63, 3.8) is 0 Å². The molecule has 5 N–H and O–H groups in total. The van der Waals surface area contributed by atoms with Gasteiger partial charge in [-0.05, 0) is 90.2 Å². The summed E-state index contributed by atoms with van der Waals surface area (Å²) < 4.78 is 43.7. The first-order valence-corrected chi connectivity index (χ1v) is 17.5. The number of carboxylic acids is 1. The van der Waals surface area contributed by atoms with Crippen LogP contribution in [0.4, 0.5) is 36.4 Å². The Hall–Kier alpha value is -7.39. The number of nitrogens with one attached hydrogen (secondary N) is 4. The topological polar surface area (TPSA) is 221 Å². The number of hydrogen-bond acceptors (Lipinski definition) is 11. The van der Waals surface area contributed by atoms with Crippen LogP contribution in [0, 0.1) is 11.3 Å². The van der Waals surface area contributed by atoms with E-state index in [9.17, 15) is 37.5 Å². The number of aliphatic carboxylic acids is 1. The lowest BCUT2D eigenvalue weighted by molar-refractivity contribution is -0.154. The number of hydrogen-bond donors (Lipinski definition) is 5. The van der Waals surface area contributed by atoms with Crippen LogP contribution in [0.25, 0.3) is 11.1 Å². The summed E-state index contributed by atoms with van der Waals surface area (Å²) in [6, 6.07) is 27.2. The number of amides is 3. The number of anilines is 4. The van der Waals surface area contributed by atoms with Gasteiger partial charge in [0.05, 0.1) is 23.7 Å². The summed E-state index contributed by atoms with van der Waals surface area (Å²) in [7, 11) is 0. The Bertz CT molecular complexity index is 2420. The van der Waals surface area contributed by atoms with Crippen molar-refractivity contribution >= 4 is 64.3 Å². The minimum atomic E-state index is -4.66. The zero-order chi connectivity index (χ0) is 41.5. The molecule has 0 atom stereocenters. The number of carbonyl (C=O) groups excluding carboxylic acids is 3. The molecule has 0 aliphatic heterocycles. The summed E-state index contributed by atoms with van der Waals surface area (Å²) in [6.45, 7) is -2.42. The van der Waals surface area contributed by atoms with Crippen LogP contribution in [0.5, 0.6) is 6.01 Å². The standard InChI is InChI=1S/C39H29ClF3N9O6/c40-27-11-9-26(10-12-27)38(17-18-38)52-36-49-35(50-37(51-36)58-21-39(41,42)43)47-29-15-7-25(8-16-29)31(53)48-30(34(56)57)20-45-32(54)33(55)46-28-13-5-24(6-14-28)23-3-1-22(19-44)2-4-23/h1-16H,17-18,20-21H2,(H,45,54)(H,46,55)(H,56,57)(H2,47,49,50,51,52)/b48-30-. The molecule has 0 radical (unpaired) electrons. The van der Waals surface area contributed by atoms with E-state index in [-0.39, 0.29) is 28.8 Å². The SMILES string of the molecule is N#Cc1ccc(-c2ccc(NC(=O)C(=O)NC/C(=N/C(=O)c3ccc(Nc4nc(NC5(c6ccc(Cl)cc6)CC5)nc(OCC(F)(F)F)n4)cc3)C(=O)O)cc2)cc1. The lowest BCUT2D eigenvalue weighted by atomic mass is 10.0. The highest BCUT2D eigenvalue weighted by molar-refractivity contribution is 6.42. The number of aromatic nitrogens is 3. The van der Waals surface area contributed by atoms with E-state index in [1.807, 2.05) is 18.2 Å². The quantitative estimate of drug-likeness (QED) is 0.0656. The Kier molecular flexibility index (Phi) is 11.9. The van der Waals surface area contributed by atoms with Crippen molar-refractivity contribution in [1.82, 2.24) is 20.3 Å². The molecule has 6 rings (SSSR count). The van der Waals surface area contributed by atoms with Crippen molar-refractivity contribution in [2.45, 2.75) is 24.6 Å². The Morgan fingerprint density at radius 1 is 0.828 bits per heavy atom. The molecule has 15 nitrogen and oxygen atoms in total. The first-order chi connectivity index (χ1) is 27.7. The van der Waals surface area contributed by atoms with Gasteiger partial charge in [-0.1, -0.05) is 48.0 Å². The average Bonchev–Trinajstić information content (AvgIpc) is 3.99. The number of rotatable bonds is 13. The third-order valence-electron chi connectivity index (χ3n) is 8.46. The van der Waals surface area contributed by atoms with E-state index in [1.165, 1.54) is 24.3 Å². The normalized spacial score (nSPS) is 13.1. The molecule has 1 saturated carbocycles. The van der Waals surface area contributed by atoms with Gasteiger partial charge >= 0.3 is 30.0 Å². The van der Waals surface area contributed by atoms with E-state index >= 15 is 0 Å². The van der Waals surface area contributed by atoms with Crippen molar-refractivity contribution in [2.75, 3.05) is 29.1 Å². The number of alkyl halides is 3. The van der Waals surface area contributed by atoms with Crippen LogP contribution >= 0.6 is 11.6 Å². The zero-order valence-corrected chi connectivity index (χ0v) is 30.6. The number of nitrogens with zero attached hydrogens (tertiary/aromatic N) is 5. The third-order valence-corrected chi connectivity index (χ3v) is 8.71. The summed E-state index contributed by atoms with van der Waals surface area (Å²) in [5.41, 5.74) is 2.13. The fourth-order valence-corrected chi connectivity index (χ4v) is 5.49. The summed E-state index contributed by atoms with van der Waals surface area (Å²) in [4.78, 5) is 65.5. The Morgan fingerprint density at radius 3 is 2.02 bits per heavy atom. The molecule has 3 amide bonds. The highest BCUT2D eigenvalue weighted by atomic mass is 35.5. The Labute approximate surface area is 332 Å². The molecular formula is C39H29ClF3N9O6. The number of benzene rings is 4.